The fourth-order valence-corrected chi connectivity index (χ4v) is 7.62. The van der Waals surface area contributed by atoms with Crippen LogP contribution in [0.5, 0.6) is 11.5 Å². The van der Waals surface area contributed by atoms with Crippen molar-refractivity contribution >= 4 is 40.6 Å². The molecule has 2 saturated carbocycles. The molecule has 0 radical (unpaired) electrons. The molecule has 0 spiro atoms. The lowest BCUT2D eigenvalue weighted by Crippen LogP contribution is -2.57. The molecule has 2 aliphatic carbocycles. The van der Waals surface area contributed by atoms with Crippen LogP contribution >= 0.6 is 0 Å². The maximum absolute atomic E-state index is 14.2. The summed E-state index contributed by atoms with van der Waals surface area (Å²) in [6.07, 6.45) is 4.28. The van der Waals surface area contributed by atoms with E-state index >= 15 is 0 Å². The molecule has 290 valence electrons. The van der Waals surface area contributed by atoms with E-state index in [1.165, 1.54) is 7.11 Å². The van der Waals surface area contributed by atoms with Crippen molar-refractivity contribution in [3.63, 3.8) is 0 Å². The Hall–Kier alpha value is -5.20. The second-order valence-corrected chi connectivity index (χ2v) is 14.6. The second-order valence-electron chi connectivity index (χ2n) is 14.6. The van der Waals surface area contributed by atoms with Gasteiger partial charge in [-0.15, -0.1) is 0 Å². The summed E-state index contributed by atoms with van der Waals surface area (Å²) in [5, 5.41) is 18.7. The zero-order valence-electron chi connectivity index (χ0n) is 31.6. The molecule has 6 atom stereocenters. The van der Waals surface area contributed by atoms with Crippen LogP contribution in [0.25, 0.3) is 22.2 Å². The molecule has 1 heterocycles. The Morgan fingerprint density at radius 2 is 1.54 bits per heavy atom. The molecule has 0 bridgehead atoms. The summed E-state index contributed by atoms with van der Waals surface area (Å²) in [6.45, 7) is 5.23. The summed E-state index contributed by atoms with van der Waals surface area (Å²) in [6, 6.07) is 13.9. The summed E-state index contributed by atoms with van der Waals surface area (Å²) in [4.78, 5) is 71.3. The van der Waals surface area contributed by atoms with Crippen LogP contribution in [-0.4, -0.2) is 78.2 Å². The number of hydrogen-bond acceptors (Lipinski definition) is 9. The van der Waals surface area contributed by atoms with Gasteiger partial charge in [-0.05, 0) is 56.1 Å². The molecule has 4 N–H and O–H groups in total. The Morgan fingerprint density at radius 3 is 2.13 bits per heavy atom. The minimum Gasteiger partial charge on any atom is -0.497 e. The molecule has 0 aliphatic heterocycles. The summed E-state index contributed by atoms with van der Waals surface area (Å²) < 4.78 is 17.1. The van der Waals surface area contributed by atoms with E-state index in [1.807, 2.05) is 48.5 Å². The van der Waals surface area contributed by atoms with Crippen molar-refractivity contribution < 1.29 is 43.3 Å². The van der Waals surface area contributed by atoms with E-state index < -0.39 is 65.7 Å². The smallest absolute Gasteiger partial charge is 0.328 e. The quantitative estimate of drug-likeness (QED) is 0.154. The van der Waals surface area contributed by atoms with E-state index in [4.69, 9.17) is 19.2 Å². The molecular weight excluding hydrogens is 692 g/mol. The molecule has 1 unspecified atom stereocenters. The van der Waals surface area contributed by atoms with Crippen LogP contribution in [0.3, 0.4) is 0 Å². The number of amides is 3. The number of carboxylic acids is 1. The van der Waals surface area contributed by atoms with Gasteiger partial charge >= 0.3 is 11.9 Å². The molecular formula is C41H52N4O9. The summed E-state index contributed by atoms with van der Waals surface area (Å²) >= 11 is 0. The second kappa shape index (κ2) is 18.2. The maximum Gasteiger partial charge on any atom is 0.328 e. The molecule has 13 heteroatoms. The van der Waals surface area contributed by atoms with E-state index in [0.29, 0.717) is 28.1 Å². The number of nitrogens with zero attached hydrogens (tertiary/aromatic N) is 1. The molecule has 3 amide bonds. The van der Waals surface area contributed by atoms with Gasteiger partial charge in [0.05, 0.1) is 37.3 Å². The largest absolute Gasteiger partial charge is 0.497 e. The standard InChI is InChI=1S/C41H52N4O9/c1-6-31(40(49)50)43-37(46)29-19-27(54-34-22-32(24-13-9-7-10-14-24)42-33-21-26(52-4)17-18-28(33)34)20-30(29)38(47)44-35(23(2)3)39(48)45-36(41(51)53-5)25-15-11-8-12-16-25/h7,9-10,13-14,17-18,21-23,25,27,29-31,35-36H,6,8,11-12,15-16,19-20H2,1-5H3,(H,43,46)(H,44,47)(H,45,48)(H,49,50)/t27-,29+,30-,31-,35-,36?/m0/s1. The average molecular weight is 745 g/mol. The van der Waals surface area contributed by atoms with Crippen molar-refractivity contribution in [3.8, 4) is 22.8 Å². The molecule has 0 saturated heterocycles. The first-order chi connectivity index (χ1) is 25.9. The number of fused-ring (bicyclic) bond motifs is 1. The van der Waals surface area contributed by atoms with Gasteiger partial charge in [-0.3, -0.25) is 14.4 Å². The van der Waals surface area contributed by atoms with Crippen LogP contribution in [0.1, 0.15) is 72.1 Å². The number of aromatic nitrogens is 1. The number of aliphatic carboxylic acids is 1. The van der Waals surface area contributed by atoms with Gasteiger partial charge < -0.3 is 35.3 Å². The van der Waals surface area contributed by atoms with E-state index in [0.717, 1.165) is 37.7 Å². The van der Waals surface area contributed by atoms with Crippen LogP contribution < -0.4 is 25.4 Å². The van der Waals surface area contributed by atoms with Gasteiger partial charge in [-0.25, -0.2) is 14.6 Å². The van der Waals surface area contributed by atoms with Gasteiger partial charge in [0.25, 0.3) is 0 Å². The number of nitrogens with one attached hydrogen (secondary N) is 3. The van der Waals surface area contributed by atoms with Crippen LogP contribution in [0, 0.1) is 23.7 Å². The van der Waals surface area contributed by atoms with Gasteiger partial charge in [0.15, 0.2) is 0 Å². The number of esters is 1. The highest BCUT2D eigenvalue weighted by molar-refractivity contribution is 5.94. The third-order valence-electron chi connectivity index (χ3n) is 10.7. The molecule has 1 aromatic heterocycles. The minimum absolute atomic E-state index is 0.0759. The van der Waals surface area contributed by atoms with Gasteiger partial charge in [0.2, 0.25) is 17.7 Å². The minimum atomic E-state index is -1.18. The SMILES string of the molecule is CC[C@H](NC(=O)[C@@H]1C[C@H](Oc2cc(-c3ccccc3)nc3cc(OC)ccc23)C[C@@H]1C(=O)N[C@H](C(=O)NC(C(=O)OC)C1CCCCC1)C(C)C)C(=O)O. The molecule has 2 fully saturated rings. The van der Waals surface area contributed by atoms with Crippen molar-refractivity contribution in [2.24, 2.45) is 23.7 Å². The number of methoxy groups -OCH3 is 2. The molecule has 5 rings (SSSR count). The Kier molecular flexibility index (Phi) is 13.5. The van der Waals surface area contributed by atoms with E-state index in [-0.39, 0.29) is 31.1 Å². The third-order valence-corrected chi connectivity index (χ3v) is 10.7. The third kappa shape index (κ3) is 9.47. The highest BCUT2D eigenvalue weighted by Gasteiger charge is 2.46. The first-order valence-corrected chi connectivity index (χ1v) is 18.9. The molecule has 3 aromatic rings. The van der Waals surface area contributed by atoms with Gasteiger partial charge in [0, 0.05) is 23.1 Å². The lowest BCUT2D eigenvalue weighted by Gasteiger charge is -2.31. The lowest BCUT2D eigenvalue weighted by atomic mass is 9.83. The zero-order chi connectivity index (χ0) is 38.9. The molecule has 54 heavy (non-hydrogen) atoms. The first-order valence-electron chi connectivity index (χ1n) is 18.9. The highest BCUT2D eigenvalue weighted by Crippen LogP contribution is 2.39. The van der Waals surface area contributed by atoms with E-state index in [9.17, 15) is 29.1 Å². The van der Waals surface area contributed by atoms with Crippen molar-refractivity contribution in [3.05, 3.63) is 54.6 Å². The predicted octanol–water partition coefficient (Wildman–Crippen LogP) is 5.04. The summed E-state index contributed by atoms with van der Waals surface area (Å²) in [5.74, 6) is -4.59. The first kappa shape index (κ1) is 40.0. The number of benzene rings is 2. The molecule has 2 aromatic carbocycles. The van der Waals surface area contributed by atoms with Crippen LogP contribution in [0.2, 0.25) is 0 Å². The van der Waals surface area contributed by atoms with E-state index in [1.54, 1.807) is 33.9 Å². The number of carbonyl (C=O) groups is 5. The van der Waals surface area contributed by atoms with Gasteiger partial charge in [0.1, 0.15) is 35.7 Å². The fraction of sp³-hybridized carbons (Fsp3) is 0.512. The monoisotopic (exact) mass is 744 g/mol. The summed E-state index contributed by atoms with van der Waals surface area (Å²) in [7, 11) is 2.86. The van der Waals surface area contributed by atoms with E-state index in [2.05, 4.69) is 16.0 Å². The Balaban J connectivity index is 1.42. The predicted molar refractivity (Wildman–Crippen MR) is 202 cm³/mol. The normalized spacial score (nSPS) is 20.4. The molecule has 13 nitrogen and oxygen atoms in total. The van der Waals surface area contributed by atoms with Crippen LogP contribution in [0.4, 0.5) is 0 Å². The van der Waals surface area contributed by atoms with Crippen LogP contribution in [-0.2, 0) is 28.7 Å². The van der Waals surface area contributed by atoms with Gasteiger partial charge in [-0.1, -0.05) is 70.4 Å². The van der Waals surface area contributed by atoms with Gasteiger partial charge in [-0.2, -0.15) is 0 Å². The fourth-order valence-electron chi connectivity index (χ4n) is 7.62. The summed E-state index contributed by atoms with van der Waals surface area (Å²) in [5.41, 5.74) is 2.15. The number of carbonyl (C=O) groups excluding carboxylic acids is 4. The zero-order valence-corrected chi connectivity index (χ0v) is 31.6. The number of rotatable bonds is 15. The van der Waals surface area contributed by atoms with Crippen LogP contribution in [0.15, 0.2) is 54.6 Å². The number of hydrogen-bond donors (Lipinski definition) is 4. The molecule has 2 aliphatic rings. The number of pyridine rings is 1. The average Bonchev–Trinajstić information content (AvgIpc) is 3.61. The Labute approximate surface area is 315 Å². The van der Waals surface area contributed by atoms with Crippen molar-refractivity contribution in [2.45, 2.75) is 96.4 Å². The topological polar surface area (TPSA) is 182 Å². The number of ether oxygens (including phenoxy) is 3. The van der Waals surface area contributed by atoms with Crippen molar-refractivity contribution in [2.75, 3.05) is 14.2 Å². The maximum atomic E-state index is 14.2. The Morgan fingerprint density at radius 1 is 0.870 bits per heavy atom. The highest BCUT2D eigenvalue weighted by atomic mass is 16.5. The van der Waals surface area contributed by atoms with Crippen molar-refractivity contribution in [1.29, 1.82) is 0 Å². The lowest BCUT2D eigenvalue weighted by molar-refractivity contribution is -0.147. The number of carboxylic acid groups (broad SMARTS) is 1. The van der Waals surface area contributed by atoms with Crippen molar-refractivity contribution in [1.82, 2.24) is 20.9 Å². The Bertz CT molecular complexity index is 1810.